The van der Waals surface area contributed by atoms with Gasteiger partial charge in [-0.05, 0) is 38.5 Å². The first-order chi connectivity index (χ1) is 28.2. The van der Waals surface area contributed by atoms with Gasteiger partial charge in [0.05, 0.1) is 25.4 Å². The second-order valence-electron chi connectivity index (χ2n) is 17.2. The molecule has 0 radical (unpaired) electrons. The minimum Gasteiger partial charge on any atom is -0.394 e. The van der Waals surface area contributed by atoms with Crippen molar-refractivity contribution in [3.05, 3.63) is 12.2 Å². The van der Waals surface area contributed by atoms with E-state index in [9.17, 15) is 40.5 Å². The Morgan fingerprint density at radius 3 is 1.45 bits per heavy atom. The van der Waals surface area contributed by atoms with Crippen LogP contribution in [0, 0.1) is 0 Å². The summed E-state index contributed by atoms with van der Waals surface area (Å²) < 4.78 is 11.1. The highest BCUT2D eigenvalue weighted by Crippen LogP contribution is 2.23. The molecule has 11 nitrogen and oxygen atoms in total. The molecule has 0 bridgehead atoms. The predicted molar refractivity (Wildman–Crippen MR) is 233 cm³/mol. The molecule has 1 rings (SSSR count). The molecule has 0 spiro atoms. The van der Waals surface area contributed by atoms with Crippen LogP contribution in [0.5, 0.6) is 0 Å². The lowest BCUT2D eigenvalue weighted by Crippen LogP contribution is -2.60. The molecule has 1 amide bonds. The minimum absolute atomic E-state index is 0.255. The molecule has 9 unspecified atom stereocenters. The molecule has 9 atom stereocenters. The number of allylic oxidation sites excluding steroid dienone is 2. The number of aliphatic hydroxyl groups is 7. The van der Waals surface area contributed by atoms with Crippen LogP contribution in [0.25, 0.3) is 0 Å². The Kier molecular flexibility index (Phi) is 35.6. The lowest BCUT2D eigenvalue weighted by atomic mass is 9.98. The molecule has 1 heterocycles. The first-order valence-corrected chi connectivity index (χ1v) is 24.1. The number of carbonyl (C=O) groups is 1. The van der Waals surface area contributed by atoms with Crippen molar-refractivity contribution in [1.82, 2.24) is 5.32 Å². The van der Waals surface area contributed by atoms with Crippen molar-refractivity contribution in [1.29, 1.82) is 0 Å². The quantitative estimate of drug-likeness (QED) is 0.0222. The zero-order chi connectivity index (χ0) is 42.6. The van der Waals surface area contributed by atoms with Crippen LogP contribution in [0.2, 0.25) is 0 Å². The molecule has 344 valence electrons. The van der Waals surface area contributed by atoms with Gasteiger partial charge in [0.2, 0.25) is 5.91 Å². The van der Waals surface area contributed by atoms with E-state index in [1.54, 1.807) is 0 Å². The molecule has 8 N–H and O–H groups in total. The van der Waals surface area contributed by atoms with Gasteiger partial charge in [0.25, 0.3) is 0 Å². The van der Waals surface area contributed by atoms with E-state index in [0.717, 1.165) is 51.4 Å². The van der Waals surface area contributed by atoms with Crippen LogP contribution in [-0.2, 0) is 14.3 Å². The monoisotopic (exact) mass is 830 g/mol. The summed E-state index contributed by atoms with van der Waals surface area (Å²) in [7, 11) is 0. The van der Waals surface area contributed by atoms with E-state index < -0.39 is 74.2 Å². The fraction of sp³-hybridized carbons (Fsp3) is 0.936. The number of aliphatic hydroxyl groups excluding tert-OH is 7. The van der Waals surface area contributed by atoms with E-state index >= 15 is 0 Å². The largest absolute Gasteiger partial charge is 0.394 e. The summed E-state index contributed by atoms with van der Waals surface area (Å²) in [5.74, 6) is -0.702. The number of rotatable bonds is 40. The second-order valence-corrected chi connectivity index (χ2v) is 17.2. The highest BCUT2D eigenvalue weighted by Gasteiger charge is 2.44. The van der Waals surface area contributed by atoms with Crippen LogP contribution in [0.15, 0.2) is 12.2 Å². The third kappa shape index (κ3) is 26.9. The fourth-order valence-corrected chi connectivity index (χ4v) is 7.79. The number of carbonyl (C=O) groups excluding carboxylic acids is 1. The highest BCUT2D eigenvalue weighted by atomic mass is 16.7. The molecule has 1 saturated heterocycles. The van der Waals surface area contributed by atoms with Crippen LogP contribution >= 0.6 is 0 Å². The van der Waals surface area contributed by atoms with Gasteiger partial charge in [-0.1, -0.05) is 187 Å². The van der Waals surface area contributed by atoms with Crippen molar-refractivity contribution in [2.75, 3.05) is 13.2 Å². The van der Waals surface area contributed by atoms with Gasteiger partial charge in [-0.25, -0.2) is 0 Å². The third-order valence-electron chi connectivity index (χ3n) is 11.8. The zero-order valence-electron chi connectivity index (χ0n) is 37.0. The van der Waals surface area contributed by atoms with E-state index in [4.69, 9.17) is 9.47 Å². The number of hydrogen-bond acceptors (Lipinski definition) is 10. The lowest BCUT2D eigenvalue weighted by Gasteiger charge is -2.40. The van der Waals surface area contributed by atoms with Gasteiger partial charge in [-0.15, -0.1) is 0 Å². The topological polar surface area (TPSA) is 189 Å². The summed E-state index contributed by atoms with van der Waals surface area (Å²) in [6.45, 7) is 3.41. The summed E-state index contributed by atoms with van der Waals surface area (Å²) in [6, 6.07) is -1.17. The average Bonchev–Trinajstić information content (AvgIpc) is 3.22. The van der Waals surface area contributed by atoms with E-state index in [1.807, 2.05) is 0 Å². The summed E-state index contributed by atoms with van der Waals surface area (Å²) in [5.41, 5.74) is 0. The van der Waals surface area contributed by atoms with Crippen molar-refractivity contribution in [2.45, 2.75) is 268 Å². The summed E-state index contributed by atoms with van der Waals surface area (Å²) in [5, 5.41) is 75.5. The van der Waals surface area contributed by atoms with Crippen LogP contribution in [0.4, 0.5) is 0 Å². The van der Waals surface area contributed by atoms with Gasteiger partial charge in [-0.2, -0.15) is 0 Å². The van der Waals surface area contributed by atoms with Crippen LogP contribution in [0.1, 0.15) is 213 Å². The number of amides is 1. The van der Waals surface area contributed by atoms with Crippen molar-refractivity contribution in [3.8, 4) is 0 Å². The zero-order valence-corrected chi connectivity index (χ0v) is 37.0. The molecule has 0 aliphatic carbocycles. The molecule has 11 heteroatoms. The smallest absolute Gasteiger partial charge is 0.249 e. The molecule has 1 fully saturated rings. The van der Waals surface area contributed by atoms with E-state index in [1.165, 1.54) is 122 Å². The highest BCUT2D eigenvalue weighted by molar-refractivity contribution is 5.80. The number of unbranched alkanes of at least 4 members (excludes halogenated alkanes) is 26. The maximum absolute atomic E-state index is 13.1. The molecular formula is C47H91NO10. The number of nitrogens with one attached hydrogen (secondary N) is 1. The first-order valence-electron chi connectivity index (χ1n) is 24.1. The van der Waals surface area contributed by atoms with Crippen LogP contribution in [-0.4, -0.2) is 110 Å². The van der Waals surface area contributed by atoms with Crippen LogP contribution < -0.4 is 5.32 Å². The fourth-order valence-electron chi connectivity index (χ4n) is 7.79. The van der Waals surface area contributed by atoms with Gasteiger partial charge < -0.3 is 50.5 Å². The molecule has 0 aromatic rings. The predicted octanol–water partition coefficient (Wildman–Crippen LogP) is 8.06. The van der Waals surface area contributed by atoms with E-state index in [2.05, 4.69) is 31.3 Å². The lowest BCUT2D eigenvalue weighted by molar-refractivity contribution is -0.303. The van der Waals surface area contributed by atoms with Crippen molar-refractivity contribution < 1.29 is 50.0 Å². The van der Waals surface area contributed by atoms with Gasteiger partial charge in [0.1, 0.15) is 36.6 Å². The maximum Gasteiger partial charge on any atom is 0.249 e. The SMILES string of the molecule is CCCCCCCCCCCCCC/C=C\CCCCCCCCC(O)C(=O)NC(COC1OC(CO)C(O)C(O)C1O)C(O)C(O)CCCCCCCCCCC. The second kappa shape index (κ2) is 37.6. The first kappa shape index (κ1) is 54.9. The Morgan fingerprint density at radius 2 is 1.00 bits per heavy atom. The number of hydrogen-bond donors (Lipinski definition) is 8. The molecule has 0 saturated carbocycles. The summed E-state index contributed by atoms with van der Waals surface area (Å²) in [6.07, 6.45) is 28.5. The third-order valence-corrected chi connectivity index (χ3v) is 11.8. The van der Waals surface area contributed by atoms with Crippen molar-refractivity contribution in [3.63, 3.8) is 0 Å². The Balaban J connectivity index is 2.35. The average molecular weight is 830 g/mol. The Labute approximate surface area is 353 Å². The van der Waals surface area contributed by atoms with E-state index in [0.29, 0.717) is 19.3 Å². The summed E-state index contributed by atoms with van der Waals surface area (Å²) in [4.78, 5) is 13.1. The molecule has 1 aliphatic heterocycles. The Bertz CT molecular complexity index is 954. The Hall–Kier alpha value is -1.15. The van der Waals surface area contributed by atoms with Crippen molar-refractivity contribution in [2.24, 2.45) is 0 Å². The molecule has 1 aliphatic rings. The molecule has 0 aromatic carbocycles. The van der Waals surface area contributed by atoms with Gasteiger partial charge in [-0.3, -0.25) is 4.79 Å². The number of ether oxygens (including phenoxy) is 2. The standard InChI is InChI=1S/C47H91NO10/c1-3-5-7-9-11-13-14-15-16-17-18-19-20-21-22-23-24-25-27-29-31-33-35-40(51)46(56)48-38(37-57-47-45(55)44(54)43(53)41(36-49)58-47)42(52)39(50)34-32-30-28-26-12-10-8-6-4-2/h21-22,38-45,47,49-55H,3-20,23-37H2,1-2H3,(H,48,56)/b22-21-. The molecule has 0 aromatic heterocycles. The Morgan fingerprint density at radius 1 is 0.586 bits per heavy atom. The summed E-state index contributed by atoms with van der Waals surface area (Å²) >= 11 is 0. The van der Waals surface area contributed by atoms with Gasteiger partial charge >= 0.3 is 0 Å². The maximum atomic E-state index is 13.1. The van der Waals surface area contributed by atoms with Gasteiger partial charge in [0.15, 0.2) is 6.29 Å². The minimum atomic E-state index is -1.66. The van der Waals surface area contributed by atoms with Crippen molar-refractivity contribution >= 4 is 5.91 Å². The van der Waals surface area contributed by atoms with Gasteiger partial charge in [0, 0.05) is 0 Å². The van der Waals surface area contributed by atoms with Crippen LogP contribution in [0.3, 0.4) is 0 Å². The molecule has 58 heavy (non-hydrogen) atoms. The van der Waals surface area contributed by atoms with E-state index in [-0.39, 0.29) is 6.42 Å². The molecular weight excluding hydrogens is 739 g/mol. The normalized spacial score (nSPS) is 22.0.